The summed E-state index contributed by atoms with van der Waals surface area (Å²) in [6, 6.07) is 30.5. The number of primary amides is 1. The van der Waals surface area contributed by atoms with E-state index in [4.69, 9.17) is 17.2 Å². The zero-order chi connectivity index (χ0) is 60.3. The Labute approximate surface area is 506 Å². The molecule has 19 nitrogen and oxygen atoms in total. The number of imidazole rings is 2. The lowest BCUT2D eigenvalue weighted by Crippen LogP contribution is -2.30. The van der Waals surface area contributed by atoms with Gasteiger partial charge in [0.1, 0.15) is 40.8 Å². The van der Waals surface area contributed by atoms with Crippen molar-refractivity contribution in [3.63, 3.8) is 0 Å². The van der Waals surface area contributed by atoms with E-state index in [1.165, 1.54) is 29.0 Å². The lowest BCUT2D eigenvalue weighted by molar-refractivity contribution is -0.167. The third-order valence-electron chi connectivity index (χ3n) is 11.0. The summed E-state index contributed by atoms with van der Waals surface area (Å²) < 4.78 is 101. The third kappa shape index (κ3) is 18.5. The number of carbonyl (C=O) groups excluding carboxylic acids is 2. The highest BCUT2D eigenvalue weighted by Gasteiger charge is 2.39. The first-order valence-corrected chi connectivity index (χ1v) is 30.2. The number of hydrogen-bond acceptors (Lipinski definition) is 12. The maximum Gasteiger partial charge on any atom is 0.471 e. The van der Waals surface area contributed by atoms with Gasteiger partial charge in [0.05, 0.1) is 33.6 Å². The number of aromatic nitrogens is 7. The number of pyridine rings is 5. The predicted molar refractivity (Wildman–Crippen MR) is 324 cm³/mol. The Morgan fingerprint density at radius 3 is 1.53 bits per heavy atom. The summed E-state index contributed by atoms with van der Waals surface area (Å²) in [4.78, 5) is 38.5. The summed E-state index contributed by atoms with van der Waals surface area (Å²) in [7, 11) is -7.47. The molecule has 0 spiro atoms. The Balaban J connectivity index is 0.000000191. The van der Waals surface area contributed by atoms with E-state index in [2.05, 4.69) is 109 Å². The van der Waals surface area contributed by atoms with Gasteiger partial charge >= 0.3 is 12.1 Å². The van der Waals surface area contributed by atoms with Crippen molar-refractivity contribution in [2.75, 3.05) is 21.5 Å². The van der Waals surface area contributed by atoms with Crippen LogP contribution >= 0.6 is 79.6 Å². The highest BCUT2D eigenvalue weighted by Crippen LogP contribution is 2.24. The number of aryl methyl sites for hydroxylation is 6. The van der Waals surface area contributed by atoms with Crippen LogP contribution in [0.25, 0.3) is 11.3 Å². The molecule has 428 valence electrons. The highest BCUT2D eigenvalue weighted by molar-refractivity contribution is 9.11. The van der Waals surface area contributed by atoms with E-state index >= 15 is 0 Å². The number of halogens is 8. The van der Waals surface area contributed by atoms with E-state index in [9.17, 15) is 39.6 Å². The summed E-state index contributed by atoms with van der Waals surface area (Å²) in [6.07, 6.45) is -1.78. The number of nitrogens with two attached hydrogens (primary N) is 3. The van der Waals surface area contributed by atoms with Gasteiger partial charge in [-0.15, -0.1) is 4.40 Å². The molecule has 81 heavy (non-hydrogen) atoms. The van der Waals surface area contributed by atoms with Crippen LogP contribution in [0.1, 0.15) is 39.6 Å². The SMILES string of the molecule is Cc1c(Br)ccc2nc(N)cn12.Cc1c(Br)ccc2nc(NC(=O)C(F)(F)F)cn12.Cc1ccc(S(=O)(=O)N=c2ccc(Br)c(C)n2CC(N)=O)cc1.Cc1ccc(S(=O)(=O)Nc2ccc(Br)c(C)n2)cc1.Cc1nc(N)ccc1Br. The average Bonchev–Trinajstić information content (AvgIpc) is 4.00. The van der Waals surface area contributed by atoms with Crippen LogP contribution in [-0.2, 0) is 36.2 Å². The molecule has 0 atom stereocenters. The minimum absolute atomic E-state index is 0.0919. The molecule has 0 unspecified atom stereocenters. The number of nitrogens with one attached hydrogen (secondary N) is 2. The Bertz CT molecular complexity index is 4070. The predicted octanol–water partition coefficient (Wildman–Crippen LogP) is 11.5. The number of hydrogen-bond donors (Lipinski definition) is 5. The lowest BCUT2D eigenvalue weighted by Gasteiger charge is -2.11. The van der Waals surface area contributed by atoms with Crippen LogP contribution in [0.5, 0.6) is 0 Å². The largest absolute Gasteiger partial charge is 0.471 e. The van der Waals surface area contributed by atoms with Gasteiger partial charge in [-0.3, -0.25) is 14.3 Å². The van der Waals surface area contributed by atoms with E-state index in [0.29, 0.717) is 28.8 Å². The number of nitrogen functional groups attached to an aromatic ring is 2. The molecule has 0 aliphatic heterocycles. The standard InChI is InChI=1S/C15H16BrN3O3S.C13H13BrN2O2S.C10H7BrF3N3O.C8H8BrN3.C6H7BrN2/c1-10-3-5-12(6-4-10)23(21,22)18-15-8-7-13(16)11(2)19(15)9-14(17)20;1-9-3-5-11(6-4-9)19(17,18)16-13-8-7-12(14)10(2)15-13;1-5-6(11)2-3-8-15-7(4-17(5)8)16-9(18)10(12,13)14;1-5-6(9)2-3-8-11-7(10)4-12(5)8;1-4-5(7)2-3-6(8)9-4/h3-8H,9H2,1-2H3,(H2,17,20);3-8H,1-2H3,(H,15,16);2-4H,1H3,(H,16,18);2-4H,10H2,1H3;2-3H,1H3,(H2,8,9). The van der Waals surface area contributed by atoms with Crippen molar-refractivity contribution in [2.24, 2.45) is 10.1 Å². The third-order valence-corrected chi connectivity index (χ3v) is 17.9. The van der Waals surface area contributed by atoms with Crippen LogP contribution in [0.4, 0.5) is 36.4 Å². The molecule has 9 rings (SSSR count). The van der Waals surface area contributed by atoms with Crippen LogP contribution in [0.2, 0.25) is 0 Å². The number of nitrogens with zero attached hydrogens (tertiary/aromatic N) is 8. The number of benzene rings is 2. The van der Waals surface area contributed by atoms with Crippen molar-refractivity contribution in [1.82, 2.24) is 33.3 Å². The first-order valence-electron chi connectivity index (χ1n) is 23.3. The van der Waals surface area contributed by atoms with Crippen LogP contribution < -0.4 is 32.7 Å². The normalized spacial score (nSPS) is 11.5. The van der Waals surface area contributed by atoms with Crippen molar-refractivity contribution in [3.05, 3.63) is 189 Å². The minimum Gasteiger partial charge on any atom is -0.384 e. The van der Waals surface area contributed by atoms with E-state index in [1.807, 2.05) is 56.5 Å². The van der Waals surface area contributed by atoms with Gasteiger partial charge in [0.2, 0.25) is 5.91 Å². The van der Waals surface area contributed by atoms with E-state index in [-0.39, 0.29) is 27.6 Å². The molecule has 7 aromatic heterocycles. The van der Waals surface area contributed by atoms with Crippen molar-refractivity contribution in [2.45, 2.75) is 71.0 Å². The maximum absolute atomic E-state index is 12.4. The van der Waals surface area contributed by atoms with Gasteiger partial charge in [-0.2, -0.15) is 21.6 Å². The zero-order valence-electron chi connectivity index (χ0n) is 43.9. The second kappa shape index (κ2) is 28.0. The van der Waals surface area contributed by atoms with Crippen molar-refractivity contribution < 1.29 is 39.6 Å². The fraction of sp³-hybridized carbons (Fsp3) is 0.173. The summed E-state index contributed by atoms with van der Waals surface area (Å²) in [5.74, 6) is -1.34. The molecule has 0 radical (unpaired) electrons. The van der Waals surface area contributed by atoms with Crippen LogP contribution in [0.15, 0.2) is 158 Å². The van der Waals surface area contributed by atoms with Gasteiger partial charge in [-0.25, -0.2) is 28.4 Å². The van der Waals surface area contributed by atoms with Gasteiger partial charge in [-0.05, 0) is 213 Å². The summed E-state index contributed by atoms with van der Waals surface area (Å²) in [6.45, 7) is 12.8. The Morgan fingerprint density at radius 1 is 0.556 bits per heavy atom. The monoisotopic (exact) mass is 1470 g/mol. The molecule has 0 fully saturated rings. The molecule has 0 aliphatic rings. The fourth-order valence-electron chi connectivity index (χ4n) is 6.65. The van der Waals surface area contributed by atoms with Crippen LogP contribution in [-0.4, -0.2) is 68.1 Å². The smallest absolute Gasteiger partial charge is 0.384 e. The molecule has 29 heteroatoms. The van der Waals surface area contributed by atoms with Crippen LogP contribution in [0, 0.1) is 48.5 Å². The number of carbonyl (C=O) groups is 2. The molecular formula is C52H51Br5F3N13O6S2. The highest BCUT2D eigenvalue weighted by atomic mass is 79.9. The summed E-state index contributed by atoms with van der Waals surface area (Å²) in [5, 5.41) is 1.71. The van der Waals surface area contributed by atoms with Crippen molar-refractivity contribution in [1.29, 1.82) is 0 Å². The summed E-state index contributed by atoms with van der Waals surface area (Å²) >= 11 is 16.7. The number of anilines is 4. The topological polar surface area (TPSA) is 282 Å². The fourth-order valence-corrected chi connectivity index (χ4v) is 10.1. The van der Waals surface area contributed by atoms with Crippen molar-refractivity contribution in [3.8, 4) is 0 Å². The molecule has 2 aromatic carbocycles. The Hall–Kier alpha value is -6.50. The van der Waals surface area contributed by atoms with Gasteiger partial charge in [0.25, 0.3) is 20.0 Å². The molecule has 0 saturated carbocycles. The maximum atomic E-state index is 12.4. The van der Waals surface area contributed by atoms with Gasteiger partial charge in [0, 0.05) is 39.4 Å². The van der Waals surface area contributed by atoms with Crippen molar-refractivity contribution >= 4 is 146 Å². The quantitative estimate of drug-likeness (QED) is 0.0949. The second-order valence-corrected chi connectivity index (χ2v) is 24.8. The number of amides is 2. The number of alkyl halides is 3. The average molecular weight is 1470 g/mol. The number of fused-ring (bicyclic) bond motifs is 2. The second-order valence-electron chi connectivity index (χ2n) is 17.3. The molecule has 8 N–H and O–H groups in total. The number of rotatable bonds is 8. The molecule has 2 amide bonds. The first-order chi connectivity index (χ1) is 37.8. The minimum atomic E-state index is -4.93. The zero-order valence-corrected chi connectivity index (χ0v) is 53.4. The summed E-state index contributed by atoms with van der Waals surface area (Å²) in [5.41, 5.74) is 23.8. The molecular weight excluding hydrogens is 1420 g/mol. The van der Waals surface area contributed by atoms with E-state index in [1.54, 1.807) is 103 Å². The lowest BCUT2D eigenvalue weighted by atomic mass is 10.2. The van der Waals surface area contributed by atoms with Gasteiger partial charge in [-0.1, -0.05) is 35.4 Å². The van der Waals surface area contributed by atoms with Gasteiger partial charge < -0.3 is 35.9 Å². The van der Waals surface area contributed by atoms with E-state index in [0.717, 1.165) is 61.9 Å². The van der Waals surface area contributed by atoms with Gasteiger partial charge in [0.15, 0.2) is 5.82 Å². The van der Waals surface area contributed by atoms with E-state index < -0.39 is 38.0 Å². The molecule has 0 saturated heterocycles. The molecule has 0 aliphatic carbocycles. The molecule has 7 heterocycles. The van der Waals surface area contributed by atoms with Crippen LogP contribution in [0.3, 0.4) is 0 Å². The number of sulfonamides is 2. The molecule has 0 bridgehead atoms. The Morgan fingerprint density at radius 2 is 1.02 bits per heavy atom. The first kappa shape index (κ1) is 65.3. The molecule has 9 aromatic rings. The Kier molecular flexibility index (Phi) is 22.6.